The van der Waals surface area contributed by atoms with Crippen LogP contribution < -0.4 is 0 Å². The summed E-state index contributed by atoms with van der Waals surface area (Å²) in [6.45, 7) is 0. The third kappa shape index (κ3) is 2.63. The van der Waals surface area contributed by atoms with E-state index in [-0.39, 0.29) is 16.9 Å². The molecular formula is C23H10N2O3S. The topological polar surface area (TPSA) is 90.9 Å². The van der Waals surface area contributed by atoms with E-state index in [0.29, 0.717) is 39.4 Å². The van der Waals surface area contributed by atoms with Crippen LogP contribution in [0.4, 0.5) is 0 Å². The molecule has 5 rings (SSSR count). The molecule has 1 aliphatic rings. The lowest BCUT2D eigenvalue weighted by Gasteiger charge is -2.00. The fraction of sp³-hybridized carbons (Fsp3) is 0. The molecule has 0 saturated carbocycles. The van der Waals surface area contributed by atoms with Crippen LogP contribution in [0, 0.1) is 22.7 Å². The molecule has 5 nitrogen and oxygen atoms in total. The normalized spacial score (nSPS) is 14.2. The summed E-state index contributed by atoms with van der Waals surface area (Å²) in [5.41, 5.74) is 2.67. The summed E-state index contributed by atoms with van der Waals surface area (Å²) in [6, 6.07) is 18.1. The second-order valence-corrected chi connectivity index (χ2v) is 7.32. The van der Waals surface area contributed by atoms with E-state index in [0.717, 1.165) is 4.88 Å². The maximum atomic E-state index is 12.9. The van der Waals surface area contributed by atoms with Crippen LogP contribution in [-0.4, -0.2) is 5.78 Å². The van der Waals surface area contributed by atoms with E-state index < -0.39 is 0 Å². The lowest BCUT2D eigenvalue weighted by molar-refractivity contribution is 0.104. The van der Waals surface area contributed by atoms with Crippen molar-refractivity contribution >= 4 is 39.9 Å². The molecule has 0 aliphatic heterocycles. The van der Waals surface area contributed by atoms with Crippen LogP contribution in [0.1, 0.15) is 21.7 Å². The van der Waals surface area contributed by atoms with Crippen molar-refractivity contribution in [3.63, 3.8) is 0 Å². The number of Topliss-reactive ketones (excluding diaryl/α,β-unsaturated/α-hetero) is 1. The van der Waals surface area contributed by atoms with E-state index in [9.17, 15) is 15.3 Å². The summed E-state index contributed by atoms with van der Waals surface area (Å²) in [5.74, 6) is 0.889. The molecule has 3 aromatic heterocycles. The number of ketones is 1. The molecule has 0 unspecified atom stereocenters. The highest BCUT2D eigenvalue weighted by atomic mass is 32.1. The monoisotopic (exact) mass is 394 g/mol. The smallest absolute Gasteiger partial charge is 0.194 e. The van der Waals surface area contributed by atoms with Gasteiger partial charge in [-0.2, -0.15) is 10.5 Å². The Morgan fingerprint density at radius 3 is 2.41 bits per heavy atom. The molecule has 1 aromatic carbocycles. The Bertz CT molecular complexity index is 1390. The third-order valence-electron chi connectivity index (χ3n) is 4.71. The van der Waals surface area contributed by atoms with Gasteiger partial charge < -0.3 is 8.83 Å². The first-order chi connectivity index (χ1) is 14.2. The van der Waals surface area contributed by atoms with Crippen LogP contribution in [0.5, 0.6) is 0 Å². The molecule has 0 N–H and O–H groups in total. The number of hydrogen-bond donors (Lipinski definition) is 0. The predicted octanol–water partition coefficient (Wildman–Crippen LogP) is 5.83. The maximum absolute atomic E-state index is 12.9. The summed E-state index contributed by atoms with van der Waals surface area (Å²) in [7, 11) is 0. The molecular weight excluding hydrogens is 384 g/mol. The number of benzene rings is 1. The minimum absolute atomic E-state index is 0.107. The molecule has 0 spiro atoms. The van der Waals surface area contributed by atoms with Crippen LogP contribution in [0.15, 0.2) is 73.9 Å². The predicted molar refractivity (Wildman–Crippen MR) is 109 cm³/mol. The van der Waals surface area contributed by atoms with Crippen LogP contribution in [0.3, 0.4) is 0 Å². The van der Waals surface area contributed by atoms with E-state index in [1.165, 1.54) is 0 Å². The van der Waals surface area contributed by atoms with E-state index in [1.54, 1.807) is 53.8 Å². The van der Waals surface area contributed by atoms with Gasteiger partial charge >= 0.3 is 0 Å². The number of hydrogen-bond acceptors (Lipinski definition) is 6. The van der Waals surface area contributed by atoms with Gasteiger partial charge in [-0.15, -0.1) is 11.3 Å². The number of nitrogens with zero attached hydrogens (tertiary/aromatic N) is 2. The Hall–Kier alpha value is -4.13. The van der Waals surface area contributed by atoms with Gasteiger partial charge in [0.15, 0.2) is 16.9 Å². The van der Waals surface area contributed by atoms with Crippen molar-refractivity contribution in [1.29, 1.82) is 10.5 Å². The Morgan fingerprint density at radius 1 is 0.966 bits per heavy atom. The van der Waals surface area contributed by atoms with Crippen molar-refractivity contribution in [2.24, 2.45) is 0 Å². The first-order valence-corrected chi connectivity index (χ1v) is 9.55. The van der Waals surface area contributed by atoms with E-state index in [2.05, 4.69) is 0 Å². The number of allylic oxidation sites excluding steroid dienone is 3. The van der Waals surface area contributed by atoms with Gasteiger partial charge in [-0.05, 0) is 23.1 Å². The first kappa shape index (κ1) is 17.0. The van der Waals surface area contributed by atoms with Crippen molar-refractivity contribution in [2.75, 3.05) is 0 Å². The van der Waals surface area contributed by atoms with E-state index in [1.807, 2.05) is 29.7 Å². The maximum Gasteiger partial charge on any atom is 0.194 e. The zero-order chi connectivity index (χ0) is 20.0. The Morgan fingerprint density at radius 2 is 1.72 bits per heavy atom. The average molecular weight is 394 g/mol. The number of rotatable bonds is 2. The van der Waals surface area contributed by atoms with Crippen LogP contribution >= 0.6 is 11.3 Å². The lowest BCUT2D eigenvalue weighted by atomic mass is 9.99. The van der Waals surface area contributed by atoms with Gasteiger partial charge in [0.05, 0.1) is 4.88 Å². The molecule has 0 radical (unpaired) electrons. The lowest BCUT2D eigenvalue weighted by Crippen LogP contribution is -1.95. The van der Waals surface area contributed by atoms with E-state index >= 15 is 0 Å². The fourth-order valence-electron chi connectivity index (χ4n) is 3.45. The second-order valence-electron chi connectivity index (χ2n) is 6.37. The standard InChI is InChI=1S/C23H10N2O3S/c24-11-13(12-25)22-15-4-1-2-5-16(15)23(26)17(22)8-14-9-18-19(27-14)10-20(28-18)21-6-3-7-29-21/h1-10H/b17-8-. The molecule has 0 fully saturated rings. The van der Waals surface area contributed by atoms with Crippen LogP contribution in [-0.2, 0) is 0 Å². The SMILES string of the molecule is N#CC(C#N)=C1/C(=C/c2cc3oc(-c4cccs4)cc3o2)C(=O)c2ccccc21. The van der Waals surface area contributed by atoms with Crippen molar-refractivity contribution in [1.82, 2.24) is 0 Å². The number of fused-ring (bicyclic) bond motifs is 2. The van der Waals surface area contributed by atoms with Gasteiger partial charge in [0.25, 0.3) is 0 Å². The third-order valence-corrected chi connectivity index (χ3v) is 5.59. The van der Waals surface area contributed by atoms with Crippen molar-refractivity contribution < 1.29 is 13.6 Å². The Kier molecular flexibility index (Phi) is 3.80. The molecule has 4 aromatic rings. The van der Waals surface area contributed by atoms with Gasteiger partial charge in [-0.3, -0.25) is 4.79 Å². The highest BCUT2D eigenvalue weighted by molar-refractivity contribution is 7.13. The largest absolute Gasteiger partial charge is 0.453 e. The molecule has 3 heterocycles. The highest BCUT2D eigenvalue weighted by Gasteiger charge is 2.32. The van der Waals surface area contributed by atoms with Gasteiger partial charge in [0.1, 0.15) is 29.2 Å². The van der Waals surface area contributed by atoms with Gasteiger partial charge in [-0.1, -0.05) is 30.3 Å². The summed E-state index contributed by atoms with van der Waals surface area (Å²) < 4.78 is 11.7. The number of carbonyl (C=O) groups excluding carboxylic acids is 1. The minimum atomic E-state index is -0.245. The van der Waals surface area contributed by atoms with Crippen LogP contribution in [0.2, 0.25) is 0 Å². The molecule has 0 saturated heterocycles. The Balaban J connectivity index is 1.63. The number of carbonyl (C=O) groups is 1. The first-order valence-electron chi connectivity index (χ1n) is 8.67. The van der Waals surface area contributed by atoms with Crippen LogP contribution in [0.25, 0.3) is 33.5 Å². The highest BCUT2D eigenvalue weighted by Crippen LogP contribution is 2.40. The number of thiophene rings is 1. The van der Waals surface area contributed by atoms with Crippen molar-refractivity contribution in [3.05, 3.63) is 81.9 Å². The summed E-state index contributed by atoms with van der Waals surface area (Å²) >= 11 is 1.57. The zero-order valence-corrected chi connectivity index (χ0v) is 15.6. The van der Waals surface area contributed by atoms with Gasteiger partial charge in [0, 0.05) is 28.8 Å². The molecule has 0 amide bonds. The second kappa shape index (κ2) is 6.49. The molecule has 136 valence electrons. The summed E-state index contributed by atoms with van der Waals surface area (Å²) in [6.07, 6.45) is 1.56. The molecule has 0 bridgehead atoms. The Labute approximate surface area is 169 Å². The number of furan rings is 2. The van der Waals surface area contributed by atoms with Gasteiger partial charge in [-0.25, -0.2) is 0 Å². The van der Waals surface area contributed by atoms with Gasteiger partial charge in [0.2, 0.25) is 0 Å². The zero-order valence-electron chi connectivity index (χ0n) is 14.8. The minimum Gasteiger partial charge on any atom is -0.453 e. The molecule has 1 aliphatic carbocycles. The fourth-order valence-corrected chi connectivity index (χ4v) is 4.13. The molecule has 29 heavy (non-hydrogen) atoms. The quantitative estimate of drug-likeness (QED) is 0.315. The summed E-state index contributed by atoms with van der Waals surface area (Å²) in [4.78, 5) is 13.9. The van der Waals surface area contributed by atoms with Crippen molar-refractivity contribution in [2.45, 2.75) is 0 Å². The van der Waals surface area contributed by atoms with Crippen molar-refractivity contribution in [3.8, 4) is 22.8 Å². The molecule has 0 atom stereocenters. The summed E-state index contributed by atoms with van der Waals surface area (Å²) in [5, 5.41) is 20.7. The molecule has 6 heteroatoms. The average Bonchev–Trinajstić information content (AvgIpc) is 3.49. The number of nitriles is 2. The van der Waals surface area contributed by atoms with E-state index in [4.69, 9.17) is 8.83 Å².